The fraction of sp³-hybridized carbons (Fsp3) is 0.765. The van der Waals surface area contributed by atoms with Gasteiger partial charge in [-0.1, -0.05) is 64.7 Å². The Hall–Kier alpha value is -1.62. The van der Waals surface area contributed by atoms with Crippen LogP contribution >= 0.6 is 0 Å². The van der Waals surface area contributed by atoms with Gasteiger partial charge in [-0.2, -0.15) is 13.2 Å². The van der Waals surface area contributed by atoms with Gasteiger partial charge in [0.25, 0.3) is 5.78 Å². The van der Waals surface area contributed by atoms with Crippen molar-refractivity contribution in [1.29, 1.82) is 0 Å². The average Bonchev–Trinajstić information content (AvgIpc) is 2.52. The highest BCUT2D eigenvalue weighted by atomic mass is 19.4. The second kappa shape index (κ2) is 12.8. The maximum atomic E-state index is 12.2. The van der Waals surface area contributed by atoms with Crippen LogP contribution in [0.5, 0.6) is 0 Å². The molecule has 4 nitrogen and oxygen atoms in total. The molecule has 0 aliphatic rings. The van der Waals surface area contributed by atoms with E-state index in [-0.39, 0.29) is 6.61 Å². The predicted octanol–water partition coefficient (Wildman–Crippen LogP) is 4.75. The normalized spacial score (nSPS) is 11.0. The highest BCUT2D eigenvalue weighted by molar-refractivity contribution is 6.25. The van der Waals surface area contributed by atoms with Gasteiger partial charge in [-0.3, -0.25) is 10.7 Å². The molecule has 0 spiro atoms. The van der Waals surface area contributed by atoms with Gasteiger partial charge in [-0.05, 0) is 6.42 Å². The molecule has 0 amide bonds. The second-order valence-electron chi connectivity index (χ2n) is 5.63. The lowest BCUT2D eigenvalue weighted by atomic mass is 10.1. The van der Waals surface area contributed by atoms with Gasteiger partial charge in [0.1, 0.15) is 5.57 Å². The SMILES string of the molecule is CCCCCCCCCCCCOC(=O)C(=C=[N-])C(=O)C(F)(F)F. The van der Waals surface area contributed by atoms with E-state index in [4.69, 9.17) is 5.41 Å². The van der Waals surface area contributed by atoms with E-state index < -0.39 is 23.5 Å². The van der Waals surface area contributed by atoms with E-state index in [0.29, 0.717) is 6.42 Å². The highest BCUT2D eigenvalue weighted by Crippen LogP contribution is 2.20. The van der Waals surface area contributed by atoms with Crippen LogP contribution in [0.15, 0.2) is 5.57 Å². The van der Waals surface area contributed by atoms with E-state index >= 15 is 0 Å². The van der Waals surface area contributed by atoms with E-state index in [9.17, 15) is 22.8 Å². The summed E-state index contributed by atoms with van der Waals surface area (Å²) in [5, 5.41) is 8.50. The molecule has 0 aliphatic carbocycles. The zero-order valence-corrected chi connectivity index (χ0v) is 14.1. The molecule has 0 rings (SSSR count). The quantitative estimate of drug-likeness (QED) is 0.120. The van der Waals surface area contributed by atoms with Crippen LogP contribution in [0, 0.1) is 0 Å². The Labute approximate surface area is 141 Å². The zero-order valence-electron chi connectivity index (χ0n) is 14.1. The smallest absolute Gasteiger partial charge is 0.455 e. The highest BCUT2D eigenvalue weighted by Gasteiger charge is 2.43. The zero-order chi connectivity index (χ0) is 18.4. The van der Waals surface area contributed by atoms with Gasteiger partial charge in [0.2, 0.25) is 0 Å². The third kappa shape index (κ3) is 10.2. The molecule has 24 heavy (non-hydrogen) atoms. The minimum Gasteiger partial charge on any atom is -0.762 e. The van der Waals surface area contributed by atoms with Crippen molar-refractivity contribution >= 4 is 17.6 Å². The van der Waals surface area contributed by atoms with E-state index in [0.717, 1.165) is 31.6 Å². The molecule has 0 bridgehead atoms. The molecule has 0 aromatic carbocycles. The Morgan fingerprint density at radius 2 is 1.38 bits per heavy atom. The first kappa shape index (κ1) is 22.4. The summed E-state index contributed by atoms with van der Waals surface area (Å²) >= 11 is 0. The van der Waals surface area contributed by atoms with Crippen LogP contribution < -0.4 is 0 Å². The van der Waals surface area contributed by atoms with Crippen LogP contribution in [0.1, 0.15) is 71.1 Å². The molecule has 0 aromatic rings. The summed E-state index contributed by atoms with van der Waals surface area (Å²) in [6.07, 6.45) is 5.42. The molecule has 0 unspecified atom stereocenters. The molecule has 0 fully saturated rings. The van der Waals surface area contributed by atoms with Crippen molar-refractivity contribution in [3.8, 4) is 0 Å². The summed E-state index contributed by atoms with van der Waals surface area (Å²) in [6, 6.07) is 0. The van der Waals surface area contributed by atoms with Gasteiger partial charge in [0.15, 0.2) is 0 Å². The minimum atomic E-state index is -5.25. The monoisotopic (exact) mass is 348 g/mol. The van der Waals surface area contributed by atoms with Gasteiger partial charge < -0.3 is 10.1 Å². The fourth-order valence-electron chi connectivity index (χ4n) is 2.16. The van der Waals surface area contributed by atoms with Gasteiger partial charge in [0, 0.05) is 0 Å². The Morgan fingerprint density at radius 3 is 1.79 bits per heavy atom. The third-order valence-electron chi connectivity index (χ3n) is 3.53. The summed E-state index contributed by atoms with van der Waals surface area (Å²) in [4.78, 5) is 22.2. The second-order valence-corrected chi connectivity index (χ2v) is 5.63. The minimum absolute atomic E-state index is 0.0916. The van der Waals surface area contributed by atoms with Crippen molar-refractivity contribution in [1.82, 2.24) is 0 Å². The van der Waals surface area contributed by atoms with Crippen LogP contribution in [-0.2, 0) is 14.3 Å². The Morgan fingerprint density at radius 1 is 0.917 bits per heavy atom. The standard InChI is InChI=1S/C17H25F3NO3/c1-2-3-4-5-6-7-8-9-10-11-12-24-16(23)14(13-21)15(22)17(18,19)20/h2-12H2,1H3/q-1. The lowest BCUT2D eigenvalue weighted by molar-refractivity contribution is -0.168. The number of alkyl halides is 3. The van der Waals surface area contributed by atoms with Crippen LogP contribution in [0.25, 0.3) is 5.41 Å². The maximum Gasteiger partial charge on any atom is 0.455 e. The predicted molar refractivity (Wildman–Crippen MR) is 85.7 cm³/mol. The molecule has 7 heteroatoms. The van der Waals surface area contributed by atoms with E-state index in [1.807, 2.05) is 0 Å². The Bertz CT molecular complexity index is 441. The molecule has 0 saturated heterocycles. The lowest BCUT2D eigenvalue weighted by Gasteiger charge is -2.09. The van der Waals surface area contributed by atoms with Crippen molar-refractivity contribution < 1.29 is 27.5 Å². The number of hydrogen-bond donors (Lipinski definition) is 0. The van der Waals surface area contributed by atoms with Gasteiger partial charge in [0.05, 0.1) is 6.61 Å². The number of ether oxygens (including phenoxy) is 1. The third-order valence-corrected chi connectivity index (χ3v) is 3.53. The number of carbonyl (C=O) groups excluding carboxylic acids is 2. The summed E-state index contributed by atoms with van der Waals surface area (Å²) in [5.74, 6) is -2.99. The number of halogens is 3. The first-order valence-electron chi connectivity index (χ1n) is 8.40. The molecule has 0 saturated carbocycles. The van der Waals surface area contributed by atoms with Crippen molar-refractivity contribution in [2.45, 2.75) is 77.3 Å². The number of esters is 1. The molecule has 0 radical (unpaired) electrons. The van der Waals surface area contributed by atoms with Crippen LogP contribution in [0.2, 0.25) is 0 Å². The number of Topliss-reactive ketones (excluding diaryl/α,β-unsaturated/α-hetero) is 1. The van der Waals surface area contributed by atoms with Crippen LogP contribution in [0.3, 0.4) is 0 Å². The summed E-state index contributed by atoms with van der Waals surface area (Å²) in [6.45, 7) is 2.08. The fourth-order valence-corrected chi connectivity index (χ4v) is 2.16. The molecule has 0 aliphatic heterocycles. The molecule has 0 atom stereocenters. The first-order valence-corrected chi connectivity index (χ1v) is 8.40. The van der Waals surface area contributed by atoms with E-state index in [1.54, 1.807) is 0 Å². The molecular formula is C17H25F3NO3-. The number of unbranched alkanes of at least 4 members (excludes halogenated alkanes) is 9. The number of carbonyl (C=O) groups is 2. The van der Waals surface area contributed by atoms with Crippen LogP contribution in [-0.4, -0.2) is 30.4 Å². The van der Waals surface area contributed by atoms with Crippen molar-refractivity contribution in [2.75, 3.05) is 6.61 Å². The van der Waals surface area contributed by atoms with Gasteiger partial charge >= 0.3 is 12.1 Å². The summed E-state index contributed by atoms with van der Waals surface area (Å²) < 4.78 is 41.1. The number of nitrogens with zero attached hydrogens (tertiary/aromatic N) is 1. The molecule has 0 aromatic heterocycles. The number of ketones is 1. The largest absolute Gasteiger partial charge is 0.762 e. The topological polar surface area (TPSA) is 65.7 Å². The number of rotatable bonds is 13. The lowest BCUT2D eigenvalue weighted by Crippen LogP contribution is -2.29. The Balaban J connectivity index is 3.76. The van der Waals surface area contributed by atoms with Gasteiger partial charge in [-0.15, -0.1) is 0 Å². The van der Waals surface area contributed by atoms with E-state index in [1.165, 1.54) is 32.1 Å². The average molecular weight is 348 g/mol. The van der Waals surface area contributed by atoms with Crippen molar-refractivity contribution in [2.24, 2.45) is 0 Å². The summed E-state index contributed by atoms with van der Waals surface area (Å²) in [5.41, 5.74) is -1.52. The molecular weight excluding hydrogens is 323 g/mol. The molecule has 0 N–H and O–H groups in total. The molecule has 0 heterocycles. The summed E-state index contributed by atoms with van der Waals surface area (Å²) in [7, 11) is 0. The first-order chi connectivity index (χ1) is 11.3. The van der Waals surface area contributed by atoms with Crippen molar-refractivity contribution in [3.05, 3.63) is 11.0 Å². The number of hydrogen-bond acceptors (Lipinski definition) is 3. The van der Waals surface area contributed by atoms with E-state index in [2.05, 4.69) is 11.7 Å². The maximum absolute atomic E-state index is 12.2. The van der Waals surface area contributed by atoms with Crippen LogP contribution in [0.4, 0.5) is 13.2 Å². The van der Waals surface area contributed by atoms with Gasteiger partial charge in [-0.25, -0.2) is 4.79 Å². The van der Waals surface area contributed by atoms with Crippen molar-refractivity contribution in [3.63, 3.8) is 0 Å². The molecule has 138 valence electrons. The Kier molecular flexibility index (Phi) is 11.9.